The quantitative estimate of drug-likeness (QED) is 0.885. The summed E-state index contributed by atoms with van der Waals surface area (Å²) in [6.07, 6.45) is 2.14. The summed E-state index contributed by atoms with van der Waals surface area (Å²) in [5.74, 6) is -0.749. The number of rotatable bonds is 5. The minimum Gasteiger partial charge on any atom is -0.480 e. The van der Waals surface area contributed by atoms with Crippen LogP contribution in [0.4, 0.5) is 5.69 Å². The molecule has 4 nitrogen and oxygen atoms in total. The van der Waals surface area contributed by atoms with Gasteiger partial charge >= 0.3 is 5.97 Å². The number of hydrogen-bond donors (Lipinski definition) is 1. The first-order chi connectivity index (χ1) is 8.99. The highest BCUT2D eigenvalue weighted by molar-refractivity contribution is 5.98. The van der Waals surface area contributed by atoms with Gasteiger partial charge in [-0.1, -0.05) is 24.6 Å². The Morgan fingerprint density at radius 1 is 1.32 bits per heavy atom. The first kappa shape index (κ1) is 13.6. The van der Waals surface area contributed by atoms with Crippen molar-refractivity contribution in [2.75, 3.05) is 11.4 Å². The van der Waals surface area contributed by atoms with Crippen LogP contribution in [0.2, 0.25) is 0 Å². The zero-order valence-electron chi connectivity index (χ0n) is 11.3. The summed E-state index contributed by atoms with van der Waals surface area (Å²) in [7, 11) is 0. The van der Waals surface area contributed by atoms with Crippen LogP contribution in [0.1, 0.15) is 25.3 Å². The molecule has 4 heteroatoms. The molecule has 2 rings (SSSR count). The van der Waals surface area contributed by atoms with Crippen LogP contribution >= 0.6 is 0 Å². The molecule has 0 aromatic heterocycles. The molecule has 1 N–H and O–H groups in total. The molecule has 1 aromatic rings. The molecule has 1 fully saturated rings. The highest BCUT2D eigenvalue weighted by atomic mass is 16.4. The summed E-state index contributed by atoms with van der Waals surface area (Å²) in [5.41, 5.74) is 1.74. The summed E-state index contributed by atoms with van der Waals surface area (Å²) < 4.78 is 0. The fraction of sp³-hybridized carbons (Fsp3) is 0.467. The van der Waals surface area contributed by atoms with E-state index in [2.05, 4.69) is 0 Å². The minimum atomic E-state index is -0.989. The number of aliphatic carboxylic acids is 1. The van der Waals surface area contributed by atoms with Crippen LogP contribution in [-0.4, -0.2) is 23.5 Å². The molecule has 0 bridgehead atoms. The molecule has 1 aliphatic rings. The Labute approximate surface area is 113 Å². The van der Waals surface area contributed by atoms with Crippen molar-refractivity contribution in [3.63, 3.8) is 0 Å². The molecule has 1 aromatic carbocycles. The van der Waals surface area contributed by atoms with Crippen LogP contribution in [0.15, 0.2) is 24.3 Å². The second-order valence-electron chi connectivity index (χ2n) is 5.28. The standard InChI is InChI=1S/C15H19NO3/c1-10-3-7-13(8-4-10)16(9-14(17)18)15(19)11(2)12-5-6-12/h3-4,7-8,11-12H,5-6,9H2,1-2H3,(H,17,18). The predicted molar refractivity (Wildman–Crippen MR) is 73.1 cm³/mol. The number of hydrogen-bond acceptors (Lipinski definition) is 2. The molecule has 0 radical (unpaired) electrons. The summed E-state index contributed by atoms with van der Waals surface area (Å²) >= 11 is 0. The van der Waals surface area contributed by atoms with Crippen molar-refractivity contribution in [3.05, 3.63) is 29.8 Å². The van der Waals surface area contributed by atoms with E-state index in [1.165, 1.54) is 4.90 Å². The van der Waals surface area contributed by atoms with Crippen LogP contribution in [0.3, 0.4) is 0 Å². The fourth-order valence-electron chi connectivity index (χ4n) is 2.20. The molecule has 0 saturated heterocycles. The second kappa shape index (κ2) is 5.43. The van der Waals surface area contributed by atoms with Gasteiger partial charge in [0.2, 0.25) is 5.91 Å². The average molecular weight is 261 g/mol. The average Bonchev–Trinajstić information content (AvgIpc) is 3.19. The molecular weight excluding hydrogens is 242 g/mol. The molecule has 1 amide bonds. The maximum absolute atomic E-state index is 12.4. The molecule has 1 unspecified atom stereocenters. The zero-order valence-corrected chi connectivity index (χ0v) is 11.3. The number of nitrogens with zero attached hydrogens (tertiary/aromatic N) is 1. The molecule has 1 saturated carbocycles. The van der Waals surface area contributed by atoms with Gasteiger partial charge in [-0.15, -0.1) is 0 Å². The molecule has 102 valence electrons. The highest BCUT2D eigenvalue weighted by Gasteiger charge is 2.35. The normalized spacial score (nSPS) is 15.9. The monoisotopic (exact) mass is 261 g/mol. The number of aryl methyl sites for hydroxylation is 1. The lowest BCUT2D eigenvalue weighted by molar-refractivity contribution is -0.137. The maximum atomic E-state index is 12.4. The lowest BCUT2D eigenvalue weighted by Gasteiger charge is -2.24. The minimum absolute atomic E-state index is 0.0891. The lowest BCUT2D eigenvalue weighted by atomic mass is 10.0. The van der Waals surface area contributed by atoms with Crippen LogP contribution in [-0.2, 0) is 9.59 Å². The molecule has 1 aliphatic carbocycles. The Morgan fingerprint density at radius 3 is 2.37 bits per heavy atom. The number of carboxylic acids is 1. The number of carboxylic acid groups (broad SMARTS) is 1. The van der Waals surface area contributed by atoms with E-state index in [-0.39, 0.29) is 18.4 Å². The van der Waals surface area contributed by atoms with E-state index in [0.29, 0.717) is 11.6 Å². The number of amides is 1. The Morgan fingerprint density at radius 2 is 1.89 bits per heavy atom. The third kappa shape index (κ3) is 3.34. The summed E-state index contributed by atoms with van der Waals surface area (Å²) in [6, 6.07) is 7.38. The Bertz CT molecular complexity index is 477. The number of anilines is 1. The smallest absolute Gasteiger partial charge is 0.323 e. The molecule has 0 heterocycles. The number of carbonyl (C=O) groups is 2. The van der Waals surface area contributed by atoms with Gasteiger partial charge in [0.1, 0.15) is 6.54 Å². The Balaban J connectivity index is 2.21. The first-order valence-corrected chi connectivity index (χ1v) is 6.59. The van der Waals surface area contributed by atoms with Crippen molar-refractivity contribution in [2.24, 2.45) is 11.8 Å². The second-order valence-corrected chi connectivity index (χ2v) is 5.28. The molecule has 0 aliphatic heterocycles. The topological polar surface area (TPSA) is 57.6 Å². The van der Waals surface area contributed by atoms with Crippen molar-refractivity contribution >= 4 is 17.6 Å². The highest BCUT2D eigenvalue weighted by Crippen LogP contribution is 2.38. The van der Waals surface area contributed by atoms with Gasteiger partial charge in [0.15, 0.2) is 0 Å². The van der Waals surface area contributed by atoms with Crippen molar-refractivity contribution in [3.8, 4) is 0 Å². The van der Waals surface area contributed by atoms with E-state index < -0.39 is 5.97 Å². The Kier molecular flexibility index (Phi) is 3.88. The van der Waals surface area contributed by atoms with Gasteiger partial charge in [-0.25, -0.2) is 0 Å². The van der Waals surface area contributed by atoms with E-state index in [0.717, 1.165) is 18.4 Å². The number of carbonyl (C=O) groups excluding carboxylic acids is 1. The first-order valence-electron chi connectivity index (χ1n) is 6.59. The van der Waals surface area contributed by atoms with E-state index in [9.17, 15) is 9.59 Å². The van der Waals surface area contributed by atoms with Gasteiger partial charge in [0, 0.05) is 11.6 Å². The molecule has 19 heavy (non-hydrogen) atoms. The van der Waals surface area contributed by atoms with E-state index in [1.807, 2.05) is 26.0 Å². The third-order valence-electron chi connectivity index (χ3n) is 3.62. The van der Waals surface area contributed by atoms with Crippen molar-refractivity contribution < 1.29 is 14.7 Å². The van der Waals surface area contributed by atoms with Crippen LogP contribution in [0, 0.1) is 18.8 Å². The number of benzene rings is 1. The molecular formula is C15H19NO3. The van der Waals surface area contributed by atoms with Crippen molar-refractivity contribution in [1.82, 2.24) is 0 Å². The third-order valence-corrected chi connectivity index (χ3v) is 3.62. The maximum Gasteiger partial charge on any atom is 0.323 e. The summed E-state index contributed by atoms with van der Waals surface area (Å²) in [6.45, 7) is 3.57. The van der Waals surface area contributed by atoms with Gasteiger partial charge in [0.25, 0.3) is 0 Å². The van der Waals surface area contributed by atoms with Gasteiger partial charge in [-0.2, -0.15) is 0 Å². The van der Waals surface area contributed by atoms with E-state index in [4.69, 9.17) is 5.11 Å². The van der Waals surface area contributed by atoms with Gasteiger partial charge < -0.3 is 10.0 Å². The van der Waals surface area contributed by atoms with Gasteiger partial charge in [-0.05, 0) is 37.8 Å². The fourth-order valence-corrected chi connectivity index (χ4v) is 2.20. The summed E-state index contributed by atoms with van der Waals surface area (Å²) in [5, 5.41) is 8.99. The van der Waals surface area contributed by atoms with Crippen LogP contribution in [0.25, 0.3) is 0 Å². The van der Waals surface area contributed by atoms with Gasteiger partial charge in [-0.3, -0.25) is 9.59 Å². The van der Waals surface area contributed by atoms with E-state index >= 15 is 0 Å². The zero-order chi connectivity index (χ0) is 14.0. The van der Waals surface area contributed by atoms with E-state index in [1.54, 1.807) is 12.1 Å². The van der Waals surface area contributed by atoms with Crippen molar-refractivity contribution in [1.29, 1.82) is 0 Å². The van der Waals surface area contributed by atoms with Crippen LogP contribution in [0.5, 0.6) is 0 Å². The van der Waals surface area contributed by atoms with Crippen molar-refractivity contribution in [2.45, 2.75) is 26.7 Å². The SMILES string of the molecule is Cc1ccc(N(CC(=O)O)C(=O)C(C)C2CC2)cc1. The summed E-state index contributed by atoms with van der Waals surface area (Å²) in [4.78, 5) is 24.8. The molecule has 1 atom stereocenters. The van der Waals surface area contributed by atoms with Gasteiger partial charge in [0.05, 0.1) is 0 Å². The molecule has 0 spiro atoms. The van der Waals surface area contributed by atoms with Crippen LogP contribution < -0.4 is 4.90 Å². The Hall–Kier alpha value is -1.84. The lowest BCUT2D eigenvalue weighted by Crippen LogP contribution is -2.39. The largest absolute Gasteiger partial charge is 0.480 e. The predicted octanol–water partition coefficient (Wildman–Crippen LogP) is 2.46.